The van der Waals surface area contributed by atoms with E-state index in [9.17, 15) is 22.8 Å². The smallest absolute Gasteiger partial charge is 0.355 e. The lowest BCUT2D eigenvalue weighted by atomic mass is 10.1. The van der Waals surface area contributed by atoms with Crippen molar-refractivity contribution in [3.8, 4) is 0 Å². The van der Waals surface area contributed by atoms with Crippen LogP contribution in [-0.4, -0.2) is 54.1 Å². The quantitative estimate of drug-likeness (QED) is 0.441. The Morgan fingerprint density at radius 1 is 1.15 bits per heavy atom. The predicted molar refractivity (Wildman–Crippen MR) is 123 cm³/mol. The number of rotatable bonds is 9. The van der Waals surface area contributed by atoms with Crippen molar-refractivity contribution in [2.24, 2.45) is 7.05 Å². The molecular weight excluding hydrogens is 446 g/mol. The second kappa shape index (κ2) is 9.48. The summed E-state index contributed by atoms with van der Waals surface area (Å²) in [6.07, 6.45) is 1.36. The molecule has 0 spiro atoms. The summed E-state index contributed by atoms with van der Waals surface area (Å²) in [5.41, 5.74) is 2.16. The van der Waals surface area contributed by atoms with Crippen molar-refractivity contribution in [1.82, 2.24) is 8.87 Å². The van der Waals surface area contributed by atoms with E-state index in [1.807, 2.05) is 0 Å². The predicted octanol–water partition coefficient (Wildman–Crippen LogP) is 2.81. The summed E-state index contributed by atoms with van der Waals surface area (Å²) < 4.78 is 34.7. The minimum Gasteiger partial charge on any atom is -0.461 e. The lowest BCUT2D eigenvalue weighted by Gasteiger charge is -2.21. The largest absolute Gasteiger partial charge is 0.461 e. The van der Waals surface area contributed by atoms with E-state index in [1.165, 1.54) is 35.5 Å². The number of Topliss-reactive ketones (excluding diaryl/α,β-unsaturated/α-hetero) is 1. The molecule has 1 aromatic carbocycles. The van der Waals surface area contributed by atoms with Gasteiger partial charge in [-0.3, -0.25) is 9.59 Å². The lowest BCUT2D eigenvalue weighted by Crippen LogP contribution is -2.37. The Kier molecular flexibility index (Phi) is 7.08. The van der Waals surface area contributed by atoms with Crippen molar-refractivity contribution >= 4 is 33.4 Å². The van der Waals surface area contributed by atoms with Crippen molar-refractivity contribution in [3.05, 3.63) is 46.8 Å². The average molecular weight is 476 g/mol. The number of carbonyl (C=O) groups is 3. The van der Waals surface area contributed by atoms with E-state index in [0.717, 1.165) is 0 Å². The van der Waals surface area contributed by atoms with Crippen LogP contribution in [0.5, 0.6) is 0 Å². The van der Waals surface area contributed by atoms with Gasteiger partial charge in [0.2, 0.25) is 15.9 Å². The van der Waals surface area contributed by atoms with E-state index in [2.05, 4.69) is 5.32 Å². The highest BCUT2D eigenvalue weighted by Crippen LogP contribution is 2.33. The second-order valence-corrected chi connectivity index (χ2v) is 10.0. The molecule has 0 saturated heterocycles. The molecule has 1 fully saturated rings. The van der Waals surface area contributed by atoms with Crippen LogP contribution in [0.2, 0.25) is 0 Å². The minimum absolute atomic E-state index is 0.0463. The first kappa shape index (κ1) is 24.7. The number of esters is 1. The molecule has 1 saturated carbocycles. The van der Waals surface area contributed by atoms with Crippen LogP contribution in [0.4, 0.5) is 5.69 Å². The van der Waals surface area contributed by atoms with Crippen LogP contribution in [0.1, 0.15) is 58.8 Å². The van der Waals surface area contributed by atoms with Crippen LogP contribution >= 0.6 is 0 Å². The Labute approximate surface area is 193 Å². The molecule has 0 atom stereocenters. The number of benzene rings is 1. The number of hydrogen-bond acceptors (Lipinski definition) is 6. The van der Waals surface area contributed by atoms with Gasteiger partial charge in [-0.05, 0) is 63.4 Å². The van der Waals surface area contributed by atoms with Crippen LogP contribution in [0.25, 0.3) is 0 Å². The van der Waals surface area contributed by atoms with Gasteiger partial charge in [0.05, 0.1) is 18.0 Å². The number of aromatic nitrogens is 1. The Balaban J connectivity index is 1.91. The van der Waals surface area contributed by atoms with E-state index in [1.54, 1.807) is 32.4 Å². The third kappa shape index (κ3) is 5.01. The van der Waals surface area contributed by atoms with E-state index < -0.39 is 16.0 Å². The van der Waals surface area contributed by atoms with Crippen LogP contribution in [0.15, 0.2) is 29.2 Å². The van der Waals surface area contributed by atoms with Gasteiger partial charge < -0.3 is 14.6 Å². The van der Waals surface area contributed by atoms with E-state index in [4.69, 9.17) is 4.74 Å². The zero-order valence-corrected chi connectivity index (χ0v) is 20.3. The summed E-state index contributed by atoms with van der Waals surface area (Å²) in [4.78, 5) is 36.9. The molecule has 3 rings (SSSR count). The number of ether oxygens (including phenoxy) is 1. The minimum atomic E-state index is -3.94. The highest BCUT2D eigenvalue weighted by atomic mass is 32.2. The fourth-order valence-electron chi connectivity index (χ4n) is 3.92. The molecule has 1 N–H and O–H groups in total. The molecule has 2 aromatic rings. The van der Waals surface area contributed by atoms with Gasteiger partial charge in [-0.1, -0.05) is 0 Å². The maximum absolute atomic E-state index is 13.4. The summed E-state index contributed by atoms with van der Waals surface area (Å²) in [5, 5.41) is 2.60. The molecule has 1 aromatic heterocycles. The first-order chi connectivity index (χ1) is 15.5. The molecule has 0 aliphatic heterocycles. The fraction of sp³-hybridized carbons (Fsp3) is 0.435. The number of nitrogens with zero attached hydrogens (tertiary/aromatic N) is 2. The number of hydrogen-bond donors (Lipinski definition) is 1. The number of nitrogens with one attached hydrogen (secondary N) is 1. The van der Waals surface area contributed by atoms with Gasteiger partial charge >= 0.3 is 5.97 Å². The summed E-state index contributed by atoms with van der Waals surface area (Å²) in [6, 6.07) is 5.61. The summed E-state index contributed by atoms with van der Waals surface area (Å²) >= 11 is 0. The monoisotopic (exact) mass is 475 g/mol. The maximum Gasteiger partial charge on any atom is 0.355 e. The molecule has 1 heterocycles. The Morgan fingerprint density at radius 2 is 1.76 bits per heavy atom. The molecule has 33 heavy (non-hydrogen) atoms. The Bertz CT molecular complexity index is 1190. The highest BCUT2D eigenvalue weighted by Gasteiger charge is 2.40. The normalized spacial score (nSPS) is 13.8. The third-order valence-electron chi connectivity index (χ3n) is 5.71. The summed E-state index contributed by atoms with van der Waals surface area (Å²) in [6.45, 7) is 6.35. The number of carbonyl (C=O) groups excluding carboxylic acids is 3. The van der Waals surface area contributed by atoms with Crippen LogP contribution < -0.4 is 5.32 Å². The number of amides is 1. The molecule has 10 heteroatoms. The van der Waals surface area contributed by atoms with Crippen LogP contribution in [0.3, 0.4) is 0 Å². The molecule has 9 nitrogen and oxygen atoms in total. The fourth-order valence-corrected chi connectivity index (χ4v) is 5.56. The second-order valence-electron chi connectivity index (χ2n) is 8.12. The number of ketones is 1. The SMILES string of the molecule is CCOC(=O)c1c(C)c(C(=O)CN(C2CC2)S(=O)(=O)c2ccc(NC(C)=O)cc2)c(C)n1C. The summed E-state index contributed by atoms with van der Waals surface area (Å²) in [5.74, 6) is -1.15. The zero-order chi connectivity index (χ0) is 24.5. The van der Waals surface area contributed by atoms with Gasteiger partial charge in [0, 0.05) is 37.0 Å². The average Bonchev–Trinajstić information content (AvgIpc) is 3.54. The maximum atomic E-state index is 13.4. The first-order valence-electron chi connectivity index (χ1n) is 10.7. The molecule has 1 aliphatic rings. The van der Waals surface area contributed by atoms with E-state index in [0.29, 0.717) is 35.3 Å². The molecule has 0 unspecified atom stereocenters. The molecular formula is C23H29N3O6S. The van der Waals surface area contributed by atoms with E-state index >= 15 is 0 Å². The van der Waals surface area contributed by atoms with Gasteiger partial charge in [0.25, 0.3) is 0 Å². The zero-order valence-electron chi connectivity index (χ0n) is 19.5. The number of anilines is 1. The van der Waals surface area contributed by atoms with Crippen molar-refractivity contribution < 1.29 is 27.5 Å². The van der Waals surface area contributed by atoms with Gasteiger partial charge in [-0.2, -0.15) is 4.31 Å². The number of sulfonamides is 1. The topological polar surface area (TPSA) is 115 Å². The Morgan fingerprint density at radius 3 is 2.27 bits per heavy atom. The molecule has 178 valence electrons. The van der Waals surface area contributed by atoms with Gasteiger partial charge in [0.1, 0.15) is 5.69 Å². The van der Waals surface area contributed by atoms with Crippen molar-refractivity contribution in [1.29, 1.82) is 0 Å². The Hall–Kier alpha value is -2.98. The molecule has 0 radical (unpaired) electrons. The lowest BCUT2D eigenvalue weighted by molar-refractivity contribution is -0.114. The van der Waals surface area contributed by atoms with Gasteiger partial charge in [0.15, 0.2) is 5.78 Å². The van der Waals surface area contributed by atoms with Crippen molar-refractivity contribution in [2.45, 2.75) is 51.5 Å². The third-order valence-corrected chi connectivity index (χ3v) is 7.63. The van der Waals surface area contributed by atoms with Crippen LogP contribution in [-0.2, 0) is 26.6 Å². The summed E-state index contributed by atoms with van der Waals surface area (Å²) in [7, 11) is -2.26. The molecule has 1 amide bonds. The standard InChI is InChI=1S/C23H29N3O6S/c1-6-32-23(29)22-14(2)21(15(3)25(22)5)20(28)13-26(18-9-10-18)33(30,31)19-11-7-17(8-12-19)24-16(4)27/h7-8,11-12,18H,6,9-10,13H2,1-5H3,(H,24,27). The highest BCUT2D eigenvalue weighted by molar-refractivity contribution is 7.89. The van der Waals surface area contributed by atoms with Crippen LogP contribution in [0, 0.1) is 13.8 Å². The van der Waals surface area contributed by atoms with Gasteiger partial charge in [-0.25, -0.2) is 13.2 Å². The molecule has 1 aliphatic carbocycles. The first-order valence-corrected chi connectivity index (χ1v) is 12.2. The van der Waals surface area contributed by atoms with Gasteiger partial charge in [-0.15, -0.1) is 0 Å². The van der Waals surface area contributed by atoms with Crippen molar-refractivity contribution in [2.75, 3.05) is 18.5 Å². The molecule has 0 bridgehead atoms. The van der Waals surface area contributed by atoms with E-state index in [-0.39, 0.29) is 41.5 Å². The van der Waals surface area contributed by atoms with Crippen molar-refractivity contribution in [3.63, 3.8) is 0 Å².